The molecule has 16 atom stereocenters. The lowest BCUT2D eigenvalue weighted by molar-refractivity contribution is -0.0541. The number of hydrogen-bond acceptors (Lipinski definition) is 12. The van der Waals surface area contributed by atoms with Gasteiger partial charge in [-0.25, -0.2) is 9.98 Å². The number of phenolic OH excluding ortho intramolecular Hbond substituents is 1. The van der Waals surface area contributed by atoms with E-state index in [9.17, 15) is 15.3 Å². The second-order valence-electron chi connectivity index (χ2n) is 29.8. The maximum Gasteiger partial charge on any atom is 0.189 e. The highest BCUT2D eigenvalue weighted by molar-refractivity contribution is 8.76. The van der Waals surface area contributed by atoms with Gasteiger partial charge in [0.1, 0.15) is 5.75 Å². The number of nitrogens with one attached hydrogen (secondary N) is 4. The summed E-state index contributed by atoms with van der Waals surface area (Å²) in [4.78, 5) is 35.1. The summed E-state index contributed by atoms with van der Waals surface area (Å²) in [5, 5.41) is 50.7. The number of anilines is 1. The molecule has 1 saturated heterocycles. The Kier molecular flexibility index (Phi) is 16.1. The molecule has 3 aromatic heterocycles. The first-order chi connectivity index (χ1) is 45.3. The van der Waals surface area contributed by atoms with Crippen molar-refractivity contribution in [3.8, 4) is 39.2 Å². The number of rotatable bonds is 11. The van der Waals surface area contributed by atoms with Crippen molar-refractivity contribution >= 4 is 67.8 Å². The highest BCUT2D eigenvalue weighted by Gasteiger charge is 2.76. The topological polar surface area (TPSA) is 181 Å². The fourth-order valence-electron chi connectivity index (χ4n) is 21.3. The monoisotopic (exact) mass is 1310 g/mol. The third kappa shape index (κ3) is 10.2. The zero-order valence-corrected chi connectivity index (χ0v) is 57.0. The number of hydrogen-bond donors (Lipinski definition) is 8. The molecule has 6 heterocycles. The van der Waals surface area contributed by atoms with Gasteiger partial charge in [0.15, 0.2) is 11.7 Å². The highest BCUT2D eigenvalue weighted by Crippen LogP contribution is 2.81. The zero-order valence-electron chi connectivity index (χ0n) is 53.7. The number of aliphatic hydroxyl groups excluding tert-OH is 1. The predicted molar refractivity (Wildman–Crippen MR) is 381 cm³/mol. The van der Waals surface area contributed by atoms with Gasteiger partial charge in [-0.2, -0.15) is 0 Å². The first kappa shape index (κ1) is 61.8. The largest absolute Gasteiger partial charge is 0.507 e. The van der Waals surface area contributed by atoms with Crippen LogP contribution in [0, 0.1) is 86.8 Å². The molecule has 11 bridgehead atoms. The van der Waals surface area contributed by atoms with Crippen LogP contribution in [0.15, 0.2) is 115 Å². The Morgan fingerprint density at radius 3 is 2.62 bits per heavy atom. The lowest BCUT2D eigenvalue weighted by Gasteiger charge is -2.57. The Balaban J connectivity index is 1.00. The van der Waals surface area contributed by atoms with Crippen LogP contribution in [0.25, 0.3) is 15.8 Å². The van der Waals surface area contributed by atoms with Crippen LogP contribution in [0.1, 0.15) is 162 Å². The zero-order chi connectivity index (χ0) is 63.4. The molecule has 11 nitrogen and oxygen atoms in total. The lowest BCUT2D eigenvalue weighted by Crippen LogP contribution is -2.54. The summed E-state index contributed by atoms with van der Waals surface area (Å²) < 4.78 is 0. The first-order valence-electron chi connectivity index (χ1n) is 34.5. The van der Waals surface area contributed by atoms with Crippen molar-refractivity contribution in [2.75, 3.05) is 37.0 Å². The number of aromatic amines is 1. The van der Waals surface area contributed by atoms with Gasteiger partial charge in [0.05, 0.1) is 51.6 Å². The molecular weight excluding hydrogens is 1230 g/mol. The number of aliphatic hydroxyl groups is 2. The second-order valence-corrected chi connectivity index (χ2v) is 34.5. The average molecular weight is 1310 g/mol. The predicted octanol–water partition coefficient (Wildman–Crippen LogP) is 14.2. The van der Waals surface area contributed by atoms with Crippen LogP contribution >= 0.6 is 44.3 Å². The Labute approximate surface area is 564 Å². The van der Waals surface area contributed by atoms with Crippen LogP contribution in [0.5, 0.6) is 5.75 Å². The van der Waals surface area contributed by atoms with Crippen molar-refractivity contribution < 1.29 is 20.1 Å². The van der Waals surface area contributed by atoms with Crippen LogP contribution < -0.4 is 21.7 Å². The number of fused-ring (bicyclic) bond motifs is 1. The van der Waals surface area contributed by atoms with E-state index in [0.29, 0.717) is 30.8 Å². The van der Waals surface area contributed by atoms with Crippen molar-refractivity contribution in [1.29, 1.82) is 0 Å². The molecule has 0 amide bonds. The number of aliphatic imine (C=N–C) groups is 1. The number of aromatic nitrogens is 2. The number of nitrogens with zero attached hydrogens (tertiary/aromatic N) is 2. The number of guanidine groups is 1. The molecule has 16 rings (SSSR count). The van der Waals surface area contributed by atoms with Gasteiger partial charge in [0, 0.05) is 85.7 Å². The SMILES string of the molecule is CC#Cc1ccc(-c2ccc(C(=O)[C@H]3CC[C@]45C=C[C@@H]6[C@H]7[C@@H]8C#Cc9c(cc(O)c%10c9N[C@H](C=C%10)[C@@](C)(O)Cc9cccc%10c9[C@@H](c9cnc[nH]9)C[C@@H]([C@H](Cc9ccccc9)CSSC[C@]9(CO)[C@H](CNC)CC[C@]79C[C@]36C4)[C@@H]%108)C[C@H]5N=C(N)NC3CCCCC3)s2)s1. The summed E-state index contributed by atoms with van der Waals surface area (Å²) in [6.45, 7) is 4.65. The fourth-order valence-corrected chi connectivity index (χ4v) is 26.5. The maximum atomic E-state index is 16.8. The van der Waals surface area contributed by atoms with E-state index in [-0.39, 0.29) is 77.4 Å². The molecular formula is C78H87N7O4S4. The number of benzene rings is 3. The first-order valence-corrected chi connectivity index (χ1v) is 38.6. The molecule has 482 valence electrons. The van der Waals surface area contributed by atoms with E-state index in [0.717, 1.165) is 136 Å². The van der Waals surface area contributed by atoms with Crippen molar-refractivity contribution in [3.63, 3.8) is 0 Å². The van der Waals surface area contributed by atoms with E-state index in [2.05, 4.69) is 137 Å². The van der Waals surface area contributed by atoms with Crippen LogP contribution in [-0.2, 0) is 19.3 Å². The summed E-state index contributed by atoms with van der Waals surface area (Å²) in [7, 11) is 6.09. The van der Waals surface area contributed by atoms with Crippen molar-refractivity contribution in [1.82, 2.24) is 20.6 Å². The van der Waals surface area contributed by atoms with E-state index < -0.39 is 39.3 Å². The molecule has 3 aromatic carbocycles. The van der Waals surface area contributed by atoms with Gasteiger partial charge >= 0.3 is 0 Å². The van der Waals surface area contributed by atoms with Gasteiger partial charge in [-0.05, 0) is 197 Å². The summed E-state index contributed by atoms with van der Waals surface area (Å²) in [5.74, 6) is 17.0. The second kappa shape index (κ2) is 24.3. The molecule has 10 aliphatic rings. The summed E-state index contributed by atoms with van der Waals surface area (Å²) in [5.41, 5.74) is 13.1. The molecule has 7 aliphatic carbocycles. The minimum atomic E-state index is -1.30. The smallest absolute Gasteiger partial charge is 0.189 e. The quantitative estimate of drug-likeness (QED) is 0.0154. The fraction of sp³-hybridized carbons (Fsp3) is 0.500. The number of imidazole rings is 1. The number of allylic oxidation sites excluding steroid dienone is 1. The van der Waals surface area contributed by atoms with Crippen LogP contribution in [0.4, 0.5) is 5.69 Å². The van der Waals surface area contributed by atoms with Crippen molar-refractivity contribution in [2.45, 2.75) is 146 Å². The van der Waals surface area contributed by atoms with Crippen molar-refractivity contribution in [3.05, 3.63) is 164 Å². The number of carbonyl (C=O) groups is 1. The van der Waals surface area contributed by atoms with Crippen LogP contribution in [-0.4, -0.2) is 92.5 Å². The molecule has 5 fully saturated rings. The number of nitrogens with two attached hydrogens (primary N) is 1. The molecule has 0 radical (unpaired) electrons. The molecule has 6 aromatic rings. The molecule has 0 unspecified atom stereocenters. The van der Waals surface area contributed by atoms with Gasteiger partial charge in [0.25, 0.3) is 0 Å². The maximum absolute atomic E-state index is 16.8. The number of H-pyrrole nitrogens is 1. The summed E-state index contributed by atoms with van der Waals surface area (Å²) >= 11 is 3.32. The van der Waals surface area contributed by atoms with Gasteiger partial charge < -0.3 is 42.0 Å². The summed E-state index contributed by atoms with van der Waals surface area (Å²) in [6.07, 6.45) is 26.0. The van der Waals surface area contributed by atoms with E-state index in [1.165, 1.54) is 23.1 Å². The number of phenols is 1. The number of Topliss-reactive ketones (excluding diaryl/α,β-unsaturated/α-hetero) is 1. The Morgan fingerprint density at radius 1 is 0.957 bits per heavy atom. The number of aromatic hydroxyl groups is 1. The Hall–Kier alpha value is -6.01. The third-order valence-electron chi connectivity index (χ3n) is 25.2. The van der Waals surface area contributed by atoms with Crippen LogP contribution in [0.3, 0.4) is 0 Å². The molecule has 93 heavy (non-hydrogen) atoms. The van der Waals surface area contributed by atoms with Gasteiger partial charge in [-0.1, -0.05) is 131 Å². The Bertz CT molecular complexity index is 4090. The third-order valence-corrected chi connectivity index (χ3v) is 30.1. The van der Waals surface area contributed by atoms with Gasteiger partial charge in [-0.3, -0.25) is 4.79 Å². The van der Waals surface area contributed by atoms with E-state index in [1.54, 1.807) is 22.7 Å². The minimum Gasteiger partial charge on any atom is -0.507 e. The van der Waals surface area contributed by atoms with Gasteiger partial charge in [-0.15, -0.1) is 28.6 Å². The molecule has 3 spiro atoms. The molecule has 9 N–H and O–H groups in total. The minimum absolute atomic E-state index is 0.0299. The Morgan fingerprint density at radius 2 is 1.81 bits per heavy atom. The summed E-state index contributed by atoms with van der Waals surface area (Å²) in [6, 6.07) is 27.9. The molecule has 15 heteroatoms. The van der Waals surface area contributed by atoms with E-state index in [1.807, 2.05) is 66.2 Å². The molecule has 4 saturated carbocycles. The number of ketones is 1. The standard InChI is InChI=1S/C78H87N7O4S4/c1-4-12-52-19-23-63(92-52)64-24-25-65(93-64)72(88)60-29-31-75-30-28-59-70-56-21-20-53-48(35-67(75)85-73(79)83-51-16-9-6-10-17-51)34-62(87)54-22-26-66(84-71(53)54)74(2,89)37-47-15-11-18-55-68(47)58(61-39-81-45-82-61)36-57(69(55)56)49(33-46-13-7-5-8-14-46)40-90-91-44-78(43-86)50(38-80-3)27-32-77(70,78)42-76(59,60)41-75/h5,7-8,11,13-15,18-19,22-26,28,30,34,39,45,49-51,56-60,66-67,69-70,80,84,86-87,89H,6,9-10,16-17,27,29,31-33,35-38,40-44H2,1-3H3,(H,81,82)(H3,79,83,85)/t49-,50+,56-,57+,58-,59-,60-,66-,67-,69+,70-,74+,75-,76+,77+,78-/m1/s1. The number of thiophene rings is 2. The van der Waals surface area contributed by atoms with Gasteiger partial charge in [0.2, 0.25) is 0 Å². The van der Waals surface area contributed by atoms with Crippen LogP contribution in [0.2, 0.25) is 0 Å². The average Bonchev–Trinajstić information content (AvgIpc) is 1.50. The lowest BCUT2D eigenvalue weighted by atomic mass is 9.46. The number of carbonyl (C=O) groups excluding carboxylic acids is 1. The molecule has 3 aliphatic heterocycles. The van der Waals surface area contributed by atoms with E-state index >= 15 is 4.79 Å². The van der Waals surface area contributed by atoms with Crippen molar-refractivity contribution in [2.24, 2.45) is 73.8 Å². The normalized spacial score (nSPS) is 35.4. The highest BCUT2D eigenvalue weighted by atomic mass is 33.1. The van der Waals surface area contributed by atoms with E-state index in [4.69, 9.17) is 15.7 Å².